The van der Waals surface area contributed by atoms with E-state index in [2.05, 4.69) is 17.2 Å². The number of hydrogen-bond acceptors (Lipinski definition) is 3. The Morgan fingerprint density at radius 1 is 1.54 bits per heavy atom. The molecule has 0 aromatic carbocycles. The van der Waals surface area contributed by atoms with Crippen LogP contribution in [0.1, 0.15) is 19.8 Å². The topological polar surface area (TPSA) is 50.9 Å². The van der Waals surface area contributed by atoms with Crippen molar-refractivity contribution in [1.82, 2.24) is 4.98 Å². The van der Waals surface area contributed by atoms with E-state index in [9.17, 15) is 0 Å². The third-order valence-corrected chi connectivity index (χ3v) is 2.05. The Hall–Kier alpha value is -0.960. The van der Waals surface area contributed by atoms with Gasteiger partial charge in [0.15, 0.2) is 0 Å². The van der Waals surface area contributed by atoms with Crippen LogP contribution < -0.4 is 11.1 Å². The highest BCUT2D eigenvalue weighted by molar-refractivity contribution is 6.33. The first-order valence-electron chi connectivity index (χ1n) is 4.38. The molecule has 0 saturated carbocycles. The molecule has 3 nitrogen and oxygen atoms in total. The molecule has 1 aromatic heterocycles. The van der Waals surface area contributed by atoms with Gasteiger partial charge in [-0.05, 0) is 6.42 Å². The average Bonchev–Trinajstić information content (AvgIpc) is 2.10. The zero-order valence-corrected chi connectivity index (χ0v) is 8.43. The number of nitrogen functional groups attached to an aromatic ring is 1. The molecule has 0 bridgehead atoms. The second-order valence-corrected chi connectivity index (χ2v) is 3.27. The molecule has 72 valence electrons. The number of rotatable bonds is 4. The van der Waals surface area contributed by atoms with Crippen molar-refractivity contribution in [3.8, 4) is 0 Å². The monoisotopic (exact) mass is 199 g/mol. The van der Waals surface area contributed by atoms with Gasteiger partial charge in [0.1, 0.15) is 0 Å². The fourth-order valence-electron chi connectivity index (χ4n) is 1.03. The van der Waals surface area contributed by atoms with Gasteiger partial charge >= 0.3 is 0 Å². The van der Waals surface area contributed by atoms with E-state index in [1.165, 1.54) is 0 Å². The Labute approximate surface area is 83.3 Å². The summed E-state index contributed by atoms with van der Waals surface area (Å²) in [6.07, 6.45) is 5.44. The van der Waals surface area contributed by atoms with Crippen molar-refractivity contribution in [2.75, 3.05) is 17.6 Å². The molecule has 1 rings (SSSR count). The molecule has 0 aliphatic carbocycles. The van der Waals surface area contributed by atoms with Gasteiger partial charge in [-0.3, -0.25) is 4.98 Å². The minimum Gasteiger partial charge on any atom is -0.396 e. The third-order valence-electron chi connectivity index (χ3n) is 1.76. The van der Waals surface area contributed by atoms with Crippen molar-refractivity contribution in [3.63, 3.8) is 0 Å². The standard InChI is InChI=1S/C9H14ClN3/c1-2-3-4-13-9-7(10)5-12-6-8(9)11/h5-6H,2-4,11H2,1H3,(H,12,13). The number of nitrogens with one attached hydrogen (secondary N) is 1. The molecule has 4 heteroatoms. The first-order valence-corrected chi connectivity index (χ1v) is 4.76. The minimum absolute atomic E-state index is 0.580. The molecule has 0 aliphatic rings. The smallest absolute Gasteiger partial charge is 0.0841 e. The largest absolute Gasteiger partial charge is 0.396 e. The van der Waals surface area contributed by atoms with Crippen molar-refractivity contribution in [1.29, 1.82) is 0 Å². The highest BCUT2D eigenvalue weighted by Crippen LogP contribution is 2.26. The number of halogens is 1. The van der Waals surface area contributed by atoms with E-state index in [1.807, 2.05) is 0 Å². The summed E-state index contributed by atoms with van der Waals surface area (Å²) < 4.78 is 0. The third kappa shape index (κ3) is 2.77. The van der Waals surface area contributed by atoms with Crippen molar-refractivity contribution in [3.05, 3.63) is 17.4 Å². The summed E-state index contributed by atoms with van der Waals surface area (Å²) in [5.41, 5.74) is 7.09. The van der Waals surface area contributed by atoms with Crippen LogP contribution in [0.25, 0.3) is 0 Å². The number of nitrogens with two attached hydrogens (primary N) is 1. The van der Waals surface area contributed by atoms with Crippen LogP contribution in [0, 0.1) is 0 Å². The fraction of sp³-hybridized carbons (Fsp3) is 0.444. The number of pyridine rings is 1. The molecule has 0 amide bonds. The lowest BCUT2D eigenvalue weighted by molar-refractivity contribution is 0.834. The molecule has 0 radical (unpaired) electrons. The van der Waals surface area contributed by atoms with Crippen LogP contribution in [-0.4, -0.2) is 11.5 Å². The molecule has 0 unspecified atom stereocenters. The first kappa shape index (κ1) is 10.1. The van der Waals surface area contributed by atoms with E-state index in [0.717, 1.165) is 25.1 Å². The maximum absolute atomic E-state index is 5.90. The van der Waals surface area contributed by atoms with Crippen LogP contribution in [0.2, 0.25) is 5.02 Å². The maximum atomic E-state index is 5.90. The van der Waals surface area contributed by atoms with Crippen LogP contribution >= 0.6 is 11.6 Å². The van der Waals surface area contributed by atoms with Gasteiger partial charge < -0.3 is 11.1 Å². The lowest BCUT2D eigenvalue weighted by atomic mass is 10.3. The molecular weight excluding hydrogens is 186 g/mol. The summed E-state index contributed by atoms with van der Waals surface area (Å²) in [7, 11) is 0. The first-order chi connectivity index (χ1) is 6.25. The van der Waals surface area contributed by atoms with Crippen molar-refractivity contribution in [2.45, 2.75) is 19.8 Å². The molecule has 0 fully saturated rings. The molecule has 0 atom stereocenters. The van der Waals surface area contributed by atoms with Gasteiger partial charge in [-0.25, -0.2) is 0 Å². The van der Waals surface area contributed by atoms with E-state index in [0.29, 0.717) is 10.7 Å². The maximum Gasteiger partial charge on any atom is 0.0841 e. The van der Waals surface area contributed by atoms with E-state index in [4.69, 9.17) is 17.3 Å². The summed E-state index contributed by atoms with van der Waals surface area (Å²) in [4.78, 5) is 3.88. The van der Waals surface area contributed by atoms with Crippen LogP contribution in [0.15, 0.2) is 12.4 Å². The Bertz CT molecular complexity index is 255. The molecule has 1 heterocycles. The number of hydrogen-bond donors (Lipinski definition) is 2. The van der Waals surface area contributed by atoms with Gasteiger partial charge in [0.25, 0.3) is 0 Å². The lowest BCUT2D eigenvalue weighted by Crippen LogP contribution is -2.04. The molecule has 0 spiro atoms. The SMILES string of the molecule is CCCCNc1c(N)cncc1Cl. The quantitative estimate of drug-likeness (QED) is 0.733. The van der Waals surface area contributed by atoms with Crippen LogP contribution in [0.4, 0.5) is 11.4 Å². The van der Waals surface area contributed by atoms with Crippen molar-refractivity contribution < 1.29 is 0 Å². The normalized spacial score (nSPS) is 10.0. The molecule has 3 N–H and O–H groups in total. The van der Waals surface area contributed by atoms with Gasteiger partial charge in [-0.1, -0.05) is 24.9 Å². The van der Waals surface area contributed by atoms with Crippen LogP contribution in [-0.2, 0) is 0 Å². The summed E-state index contributed by atoms with van der Waals surface area (Å²) in [6.45, 7) is 3.03. The van der Waals surface area contributed by atoms with E-state index in [1.54, 1.807) is 12.4 Å². The van der Waals surface area contributed by atoms with Gasteiger partial charge in [0.2, 0.25) is 0 Å². The number of aromatic nitrogens is 1. The second-order valence-electron chi connectivity index (χ2n) is 2.87. The number of anilines is 2. The minimum atomic E-state index is 0.580. The highest BCUT2D eigenvalue weighted by Gasteiger charge is 2.02. The summed E-state index contributed by atoms with van der Waals surface area (Å²) >= 11 is 5.90. The van der Waals surface area contributed by atoms with E-state index < -0.39 is 0 Å². The highest BCUT2D eigenvalue weighted by atomic mass is 35.5. The lowest BCUT2D eigenvalue weighted by Gasteiger charge is -2.09. The fourth-order valence-corrected chi connectivity index (χ4v) is 1.26. The van der Waals surface area contributed by atoms with Gasteiger partial charge in [0.05, 0.1) is 22.6 Å². The number of nitrogens with zero attached hydrogens (tertiary/aromatic N) is 1. The summed E-state index contributed by atoms with van der Waals surface area (Å²) in [5.74, 6) is 0. The van der Waals surface area contributed by atoms with Gasteiger partial charge in [0, 0.05) is 12.7 Å². The molecule has 13 heavy (non-hydrogen) atoms. The molecular formula is C9H14ClN3. The zero-order valence-electron chi connectivity index (χ0n) is 7.68. The number of unbranched alkanes of at least 4 members (excludes halogenated alkanes) is 1. The second kappa shape index (κ2) is 4.92. The Morgan fingerprint density at radius 3 is 2.92 bits per heavy atom. The predicted molar refractivity (Wildman–Crippen MR) is 57.1 cm³/mol. The summed E-state index contributed by atoms with van der Waals surface area (Å²) in [6, 6.07) is 0. The average molecular weight is 200 g/mol. The van der Waals surface area contributed by atoms with Crippen LogP contribution in [0.3, 0.4) is 0 Å². The van der Waals surface area contributed by atoms with E-state index >= 15 is 0 Å². The summed E-state index contributed by atoms with van der Waals surface area (Å²) in [5, 5.41) is 3.76. The Morgan fingerprint density at radius 2 is 2.31 bits per heavy atom. The van der Waals surface area contributed by atoms with Gasteiger partial charge in [-0.2, -0.15) is 0 Å². The Kier molecular flexibility index (Phi) is 3.83. The zero-order chi connectivity index (χ0) is 9.68. The molecule has 0 saturated heterocycles. The van der Waals surface area contributed by atoms with Crippen molar-refractivity contribution in [2.24, 2.45) is 0 Å². The van der Waals surface area contributed by atoms with Crippen LogP contribution in [0.5, 0.6) is 0 Å². The van der Waals surface area contributed by atoms with Gasteiger partial charge in [-0.15, -0.1) is 0 Å². The predicted octanol–water partition coefficient (Wildman–Crippen LogP) is 2.53. The Balaban J connectivity index is 2.64. The molecule has 0 aliphatic heterocycles. The van der Waals surface area contributed by atoms with Crippen molar-refractivity contribution >= 4 is 23.0 Å². The molecule has 1 aromatic rings. The van der Waals surface area contributed by atoms with E-state index in [-0.39, 0.29) is 0 Å².